The van der Waals surface area contributed by atoms with Crippen LogP contribution in [0.1, 0.15) is 31.7 Å². The number of likely N-dealkylation sites (N-methyl/N-ethyl adjacent to an activating group) is 1. The van der Waals surface area contributed by atoms with Crippen LogP contribution in [0.25, 0.3) is 0 Å². The van der Waals surface area contributed by atoms with E-state index in [0.29, 0.717) is 13.0 Å². The molecular formula is C11H19N3OS. The molecule has 0 aliphatic heterocycles. The Balaban J connectivity index is 2.60. The molecule has 90 valence electrons. The number of hydrogen-bond donors (Lipinski definition) is 1. The summed E-state index contributed by atoms with van der Waals surface area (Å²) >= 11 is 1.55. The lowest BCUT2D eigenvalue weighted by Crippen LogP contribution is -2.51. The van der Waals surface area contributed by atoms with Crippen LogP contribution in [0, 0.1) is 0 Å². The first-order chi connectivity index (χ1) is 7.47. The van der Waals surface area contributed by atoms with Crippen molar-refractivity contribution >= 4 is 17.2 Å². The zero-order chi connectivity index (χ0) is 12.2. The van der Waals surface area contributed by atoms with E-state index < -0.39 is 5.54 Å². The Morgan fingerprint density at radius 3 is 2.88 bits per heavy atom. The summed E-state index contributed by atoms with van der Waals surface area (Å²) in [5.74, 6) is -0.0236. The molecule has 1 aromatic heterocycles. The van der Waals surface area contributed by atoms with Crippen LogP contribution in [-0.4, -0.2) is 28.4 Å². The van der Waals surface area contributed by atoms with Gasteiger partial charge in [-0.15, -0.1) is 11.3 Å². The highest BCUT2D eigenvalue weighted by atomic mass is 32.1. The van der Waals surface area contributed by atoms with Crippen LogP contribution in [0.2, 0.25) is 0 Å². The standard InChI is InChI=1S/C11H19N3OS/c1-4-5-11(2,12)10(15)14(3)8-9-13-6-7-16-9/h6-7H,4-5,8,12H2,1-3H3. The van der Waals surface area contributed by atoms with E-state index in [4.69, 9.17) is 5.73 Å². The molecule has 2 N–H and O–H groups in total. The molecule has 0 saturated carbocycles. The second-order valence-electron chi connectivity index (χ2n) is 4.25. The van der Waals surface area contributed by atoms with Gasteiger partial charge in [0.2, 0.25) is 5.91 Å². The molecule has 16 heavy (non-hydrogen) atoms. The van der Waals surface area contributed by atoms with Crippen molar-refractivity contribution in [3.63, 3.8) is 0 Å². The van der Waals surface area contributed by atoms with E-state index in [9.17, 15) is 4.79 Å². The minimum absolute atomic E-state index is 0.0236. The number of hydrogen-bond acceptors (Lipinski definition) is 4. The molecule has 1 rings (SSSR count). The summed E-state index contributed by atoms with van der Waals surface area (Å²) in [5.41, 5.74) is 5.23. The van der Waals surface area contributed by atoms with E-state index in [1.807, 2.05) is 12.3 Å². The molecule has 1 aromatic rings. The summed E-state index contributed by atoms with van der Waals surface area (Å²) < 4.78 is 0. The molecule has 1 amide bonds. The van der Waals surface area contributed by atoms with Gasteiger partial charge >= 0.3 is 0 Å². The summed E-state index contributed by atoms with van der Waals surface area (Å²) in [4.78, 5) is 17.9. The van der Waals surface area contributed by atoms with Crippen LogP contribution in [0.4, 0.5) is 0 Å². The van der Waals surface area contributed by atoms with Gasteiger partial charge < -0.3 is 10.6 Å². The molecule has 0 radical (unpaired) electrons. The Bertz CT molecular complexity index is 335. The second-order valence-corrected chi connectivity index (χ2v) is 5.23. The van der Waals surface area contributed by atoms with E-state index in [0.717, 1.165) is 11.4 Å². The molecule has 0 fully saturated rings. The molecule has 0 aromatic carbocycles. The van der Waals surface area contributed by atoms with Gasteiger partial charge in [-0.25, -0.2) is 4.98 Å². The third-order valence-electron chi connectivity index (χ3n) is 2.46. The summed E-state index contributed by atoms with van der Waals surface area (Å²) in [6.07, 6.45) is 3.35. The van der Waals surface area contributed by atoms with Gasteiger partial charge in [0.1, 0.15) is 5.01 Å². The van der Waals surface area contributed by atoms with Crippen LogP contribution >= 0.6 is 11.3 Å². The number of carbonyl (C=O) groups is 1. The first kappa shape index (κ1) is 13.1. The molecule has 0 aliphatic rings. The number of aromatic nitrogens is 1. The summed E-state index contributed by atoms with van der Waals surface area (Å²) in [6, 6.07) is 0. The Kier molecular flexibility index (Phi) is 4.44. The quantitative estimate of drug-likeness (QED) is 0.852. The Morgan fingerprint density at radius 2 is 2.38 bits per heavy atom. The van der Waals surface area contributed by atoms with Crippen LogP contribution in [0.5, 0.6) is 0 Å². The molecule has 0 bridgehead atoms. The van der Waals surface area contributed by atoms with Crippen LogP contribution in [0.3, 0.4) is 0 Å². The van der Waals surface area contributed by atoms with E-state index in [1.54, 1.807) is 36.4 Å². The average molecular weight is 241 g/mol. The van der Waals surface area contributed by atoms with Gasteiger partial charge in [0, 0.05) is 18.6 Å². The molecule has 0 saturated heterocycles. The monoisotopic (exact) mass is 241 g/mol. The van der Waals surface area contributed by atoms with Crippen LogP contribution in [0.15, 0.2) is 11.6 Å². The predicted molar refractivity (Wildman–Crippen MR) is 66.1 cm³/mol. The third-order valence-corrected chi connectivity index (χ3v) is 3.22. The number of nitrogens with two attached hydrogens (primary N) is 1. The lowest BCUT2D eigenvalue weighted by Gasteiger charge is -2.28. The normalized spacial score (nSPS) is 14.5. The van der Waals surface area contributed by atoms with Gasteiger partial charge in [-0.05, 0) is 13.3 Å². The minimum Gasteiger partial charge on any atom is -0.337 e. The van der Waals surface area contributed by atoms with Crippen LogP contribution < -0.4 is 5.73 Å². The highest BCUT2D eigenvalue weighted by molar-refractivity contribution is 7.09. The molecule has 0 spiro atoms. The van der Waals surface area contributed by atoms with Crippen molar-refractivity contribution in [2.45, 2.75) is 38.8 Å². The molecule has 1 heterocycles. The van der Waals surface area contributed by atoms with E-state index >= 15 is 0 Å². The summed E-state index contributed by atoms with van der Waals surface area (Å²) in [7, 11) is 1.77. The fourth-order valence-corrected chi connectivity index (χ4v) is 2.34. The largest absolute Gasteiger partial charge is 0.337 e. The first-order valence-corrected chi connectivity index (χ1v) is 6.28. The molecule has 1 atom stereocenters. The van der Waals surface area contributed by atoms with Gasteiger partial charge in [-0.1, -0.05) is 13.3 Å². The molecular weight excluding hydrogens is 222 g/mol. The Labute approximate surface area is 100 Å². The summed E-state index contributed by atoms with van der Waals surface area (Å²) in [6.45, 7) is 4.35. The van der Waals surface area contributed by atoms with Gasteiger partial charge in [-0.3, -0.25) is 4.79 Å². The number of rotatable bonds is 5. The first-order valence-electron chi connectivity index (χ1n) is 5.40. The van der Waals surface area contributed by atoms with Crippen molar-refractivity contribution in [2.24, 2.45) is 5.73 Å². The van der Waals surface area contributed by atoms with Crippen molar-refractivity contribution in [3.8, 4) is 0 Å². The second kappa shape index (κ2) is 5.41. The minimum atomic E-state index is -0.763. The fraction of sp³-hybridized carbons (Fsp3) is 0.636. The van der Waals surface area contributed by atoms with Crippen molar-refractivity contribution in [1.82, 2.24) is 9.88 Å². The highest BCUT2D eigenvalue weighted by Crippen LogP contribution is 2.14. The predicted octanol–water partition coefficient (Wildman–Crippen LogP) is 1.62. The zero-order valence-corrected chi connectivity index (χ0v) is 10.9. The lowest BCUT2D eigenvalue weighted by atomic mass is 9.96. The topological polar surface area (TPSA) is 59.2 Å². The maximum absolute atomic E-state index is 12.1. The number of carbonyl (C=O) groups excluding carboxylic acids is 1. The maximum atomic E-state index is 12.1. The van der Waals surface area contributed by atoms with Gasteiger partial charge in [0.05, 0.1) is 12.1 Å². The molecule has 5 heteroatoms. The van der Waals surface area contributed by atoms with E-state index in [2.05, 4.69) is 4.98 Å². The van der Waals surface area contributed by atoms with Crippen molar-refractivity contribution < 1.29 is 4.79 Å². The molecule has 1 unspecified atom stereocenters. The Morgan fingerprint density at radius 1 is 1.69 bits per heavy atom. The van der Waals surface area contributed by atoms with Gasteiger partial charge in [0.25, 0.3) is 0 Å². The van der Waals surface area contributed by atoms with Crippen molar-refractivity contribution in [3.05, 3.63) is 16.6 Å². The number of amides is 1. The fourth-order valence-electron chi connectivity index (χ4n) is 1.67. The molecule has 4 nitrogen and oxygen atoms in total. The lowest BCUT2D eigenvalue weighted by molar-refractivity contribution is -0.135. The molecule has 0 aliphatic carbocycles. The van der Waals surface area contributed by atoms with E-state index in [-0.39, 0.29) is 5.91 Å². The number of nitrogens with zero attached hydrogens (tertiary/aromatic N) is 2. The SMILES string of the molecule is CCCC(C)(N)C(=O)N(C)Cc1nccs1. The number of thiazole rings is 1. The average Bonchev–Trinajstić information content (AvgIpc) is 2.69. The van der Waals surface area contributed by atoms with Crippen LogP contribution in [-0.2, 0) is 11.3 Å². The zero-order valence-electron chi connectivity index (χ0n) is 10.1. The third kappa shape index (κ3) is 3.28. The van der Waals surface area contributed by atoms with E-state index in [1.165, 1.54) is 0 Å². The Hall–Kier alpha value is -0.940. The maximum Gasteiger partial charge on any atom is 0.242 e. The van der Waals surface area contributed by atoms with Gasteiger partial charge in [0.15, 0.2) is 0 Å². The summed E-state index contributed by atoms with van der Waals surface area (Å²) in [5, 5.41) is 2.84. The van der Waals surface area contributed by atoms with Crippen molar-refractivity contribution in [1.29, 1.82) is 0 Å². The van der Waals surface area contributed by atoms with Gasteiger partial charge in [-0.2, -0.15) is 0 Å². The smallest absolute Gasteiger partial charge is 0.242 e. The highest BCUT2D eigenvalue weighted by Gasteiger charge is 2.30. The van der Waals surface area contributed by atoms with Crippen molar-refractivity contribution in [2.75, 3.05) is 7.05 Å².